The molecule has 0 amide bonds. The second-order valence-corrected chi connectivity index (χ2v) is 25.4. The molecule has 0 aliphatic rings. The molecule has 0 aromatic rings. The van der Waals surface area contributed by atoms with E-state index < -0.39 is 0 Å². The zero-order valence-electron chi connectivity index (χ0n) is 20.4. The van der Waals surface area contributed by atoms with Gasteiger partial charge in [0.25, 0.3) is 0 Å². The van der Waals surface area contributed by atoms with Crippen LogP contribution in [0.1, 0.15) is 136 Å². The summed E-state index contributed by atoms with van der Waals surface area (Å²) in [4.78, 5) is 0. The quantitative estimate of drug-likeness (QED) is 0.0658. The first-order valence-electron chi connectivity index (χ1n) is 12.8. The van der Waals surface area contributed by atoms with Crippen molar-refractivity contribution in [1.82, 2.24) is 0 Å². The van der Waals surface area contributed by atoms with Gasteiger partial charge >= 0.3 is 50.5 Å². The number of hydrogen-bond donors (Lipinski definition) is 0. The van der Waals surface area contributed by atoms with Crippen LogP contribution in [0.25, 0.3) is 0 Å². The van der Waals surface area contributed by atoms with Gasteiger partial charge in [-0.2, -0.15) is 0 Å². The van der Waals surface area contributed by atoms with E-state index in [-0.39, 0.29) is 0 Å². The van der Waals surface area contributed by atoms with Crippen molar-refractivity contribution in [3.63, 3.8) is 0 Å². The van der Waals surface area contributed by atoms with Crippen LogP contribution < -0.4 is 13.3 Å². The number of halogens is 3. The zero-order chi connectivity index (χ0) is 22.1. The Morgan fingerprint density at radius 3 is 0.897 bits per heavy atom. The third kappa shape index (κ3) is 28.1. The van der Waals surface area contributed by atoms with E-state index in [1.165, 1.54) is 140 Å². The minimum absolute atomic E-state index is 0.530. The molecule has 0 aliphatic heterocycles. The molecule has 4 heteroatoms. The Morgan fingerprint density at radius 1 is 0.448 bits per heavy atom. The van der Waals surface area contributed by atoms with Crippen molar-refractivity contribution in [3.8, 4) is 0 Å². The Morgan fingerprint density at radius 2 is 0.655 bits per heavy atom. The summed E-state index contributed by atoms with van der Waals surface area (Å²) in [5.41, 5.74) is 0. The molecule has 1 nitrogen and oxygen atoms in total. The van der Waals surface area contributed by atoms with E-state index in [0.717, 1.165) is 0 Å². The maximum atomic E-state index is 2.56. The summed E-state index contributed by atoms with van der Waals surface area (Å²) in [6.07, 6.45) is 25.9. The molecule has 0 saturated heterocycles. The van der Waals surface area contributed by atoms with Gasteiger partial charge < -0.3 is 4.48 Å². The maximum absolute atomic E-state index is 2.56. The molecule has 0 aromatic heterocycles. The first-order chi connectivity index (χ1) is 14.1. The average molecular weight is 749 g/mol. The van der Waals surface area contributed by atoms with Crippen LogP contribution in [0.15, 0.2) is 0 Å². The first kappa shape index (κ1) is 33.3. The Balaban J connectivity index is 0. The monoisotopic (exact) mass is 749 g/mol. The van der Waals surface area contributed by atoms with Gasteiger partial charge in [-0.25, -0.2) is 0 Å². The van der Waals surface area contributed by atoms with Gasteiger partial charge in [-0.05, 0) is 38.5 Å². The molecular formula is C25H54I3N. The van der Waals surface area contributed by atoms with Gasteiger partial charge in [0.2, 0.25) is 0 Å². The molecule has 0 N–H and O–H groups in total. The summed E-state index contributed by atoms with van der Waals surface area (Å²) < 4.78 is 1.36. The standard InChI is InChI=1S/C25H54N.I3/c1-5-8-11-14-17-20-23-26(4,24-21-18-15-12-9-6-2)25-22-19-16-13-10-7-3;1-3-2/h5-25H2,1-4H3;/q+1;-1. The molecule has 0 spiro atoms. The molecule has 0 radical (unpaired) electrons. The van der Waals surface area contributed by atoms with Crippen LogP contribution in [0.3, 0.4) is 0 Å². The van der Waals surface area contributed by atoms with Crippen LogP contribution in [0.4, 0.5) is 0 Å². The number of nitrogens with zero attached hydrogens (tertiary/aromatic N) is 1. The average Bonchev–Trinajstić information content (AvgIpc) is 2.71. The second-order valence-electron chi connectivity index (χ2n) is 9.15. The Bertz CT molecular complexity index is 246. The summed E-state index contributed by atoms with van der Waals surface area (Å²) >= 11 is 5.30. The third-order valence-corrected chi connectivity index (χ3v) is 6.15. The fourth-order valence-electron chi connectivity index (χ4n) is 4.16. The Labute approximate surface area is 215 Å². The molecule has 0 unspecified atom stereocenters. The fraction of sp³-hybridized carbons (Fsp3) is 1.00. The number of rotatable bonds is 21. The van der Waals surface area contributed by atoms with Crippen LogP contribution in [0, 0.1) is 0 Å². The first-order valence-corrected chi connectivity index (χ1v) is 25.4. The zero-order valence-corrected chi connectivity index (χ0v) is 26.9. The minimum atomic E-state index is 0.530. The predicted octanol–water partition coefficient (Wildman–Crippen LogP) is 7.29. The molecule has 0 atom stereocenters. The van der Waals surface area contributed by atoms with Crippen molar-refractivity contribution in [2.45, 2.75) is 136 Å². The number of unbranched alkanes of at least 4 members (excludes halogenated alkanes) is 15. The summed E-state index contributed by atoms with van der Waals surface area (Å²) in [6, 6.07) is 0. The molecule has 0 heterocycles. The molecule has 0 rings (SSSR count). The van der Waals surface area contributed by atoms with E-state index in [1.54, 1.807) is 0 Å². The van der Waals surface area contributed by atoms with Crippen LogP contribution in [0.2, 0.25) is 0 Å². The molecule has 0 aliphatic carbocycles. The van der Waals surface area contributed by atoms with Crippen LogP contribution in [-0.4, -0.2) is 31.2 Å². The van der Waals surface area contributed by atoms with E-state index in [2.05, 4.69) is 65.1 Å². The molecule has 0 bridgehead atoms. The Hall–Kier alpha value is 2.15. The van der Waals surface area contributed by atoms with Crippen molar-refractivity contribution in [3.05, 3.63) is 0 Å². The fourth-order valence-corrected chi connectivity index (χ4v) is 4.16. The third-order valence-electron chi connectivity index (χ3n) is 6.15. The molecule has 180 valence electrons. The molecule has 0 fully saturated rings. The van der Waals surface area contributed by atoms with Gasteiger partial charge in [-0.15, -0.1) is 0 Å². The van der Waals surface area contributed by atoms with Gasteiger partial charge in [0.05, 0.1) is 26.7 Å². The normalized spacial score (nSPS) is 11.5. The Kier molecular flexibility index (Phi) is 32.4. The molecule has 0 aromatic carbocycles. The van der Waals surface area contributed by atoms with Crippen LogP contribution in [-0.2, 0) is 0 Å². The van der Waals surface area contributed by atoms with Crippen LogP contribution >= 0.6 is 37.2 Å². The van der Waals surface area contributed by atoms with E-state index in [1.807, 2.05) is 0 Å². The molecular weight excluding hydrogens is 695 g/mol. The van der Waals surface area contributed by atoms with Crippen molar-refractivity contribution < 1.29 is 17.7 Å². The van der Waals surface area contributed by atoms with E-state index in [4.69, 9.17) is 0 Å². The summed E-state index contributed by atoms with van der Waals surface area (Å²) in [5, 5.41) is 0. The van der Waals surface area contributed by atoms with E-state index in [9.17, 15) is 0 Å². The van der Waals surface area contributed by atoms with Gasteiger partial charge in [-0.1, -0.05) is 97.8 Å². The van der Waals surface area contributed by atoms with Crippen molar-refractivity contribution in [2.24, 2.45) is 0 Å². The summed E-state index contributed by atoms with van der Waals surface area (Å²) in [6.45, 7) is 11.2. The summed E-state index contributed by atoms with van der Waals surface area (Å²) in [5.74, 6) is 0. The SMILES string of the molecule is CCCCCCCC[N+](C)(CCCCCCCC)CCCCCCCC.I[I-]I. The van der Waals surface area contributed by atoms with Crippen molar-refractivity contribution in [1.29, 1.82) is 0 Å². The van der Waals surface area contributed by atoms with E-state index in [0.29, 0.717) is 13.3 Å². The topological polar surface area (TPSA) is 0 Å². The number of hydrogen-bond acceptors (Lipinski definition) is 0. The second kappa shape index (κ2) is 28.2. The van der Waals surface area contributed by atoms with Crippen LogP contribution in [0.5, 0.6) is 0 Å². The molecule has 29 heavy (non-hydrogen) atoms. The van der Waals surface area contributed by atoms with Gasteiger partial charge in [0, 0.05) is 0 Å². The van der Waals surface area contributed by atoms with Gasteiger partial charge in [0.15, 0.2) is 0 Å². The van der Waals surface area contributed by atoms with Crippen molar-refractivity contribution in [2.75, 3.05) is 26.7 Å². The number of quaternary nitrogens is 1. The van der Waals surface area contributed by atoms with Crippen molar-refractivity contribution >= 4 is 37.2 Å². The summed E-state index contributed by atoms with van der Waals surface area (Å²) in [7, 11) is 2.56. The molecule has 0 saturated carbocycles. The van der Waals surface area contributed by atoms with E-state index >= 15 is 0 Å². The predicted molar refractivity (Wildman–Crippen MR) is 149 cm³/mol. The van der Waals surface area contributed by atoms with Gasteiger partial charge in [-0.3, -0.25) is 0 Å². The van der Waals surface area contributed by atoms with Gasteiger partial charge in [0.1, 0.15) is 0 Å².